The summed E-state index contributed by atoms with van der Waals surface area (Å²) in [6.45, 7) is 2.39. The lowest BCUT2D eigenvalue weighted by molar-refractivity contribution is 0.0950. The number of hydrogen-bond acceptors (Lipinski definition) is 9. The fraction of sp³-hybridized carbons (Fsp3) is 0.100. The molecule has 4 rings (SSSR count). The van der Waals surface area contributed by atoms with Gasteiger partial charge in [0.25, 0.3) is 5.91 Å². The van der Waals surface area contributed by atoms with Gasteiger partial charge in [-0.1, -0.05) is 17.3 Å². The van der Waals surface area contributed by atoms with Crippen molar-refractivity contribution in [2.75, 3.05) is 12.3 Å². The highest BCUT2D eigenvalue weighted by Gasteiger charge is 2.25. The molecule has 11 nitrogen and oxygen atoms in total. The second-order valence-electron chi connectivity index (χ2n) is 6.38. The predicted octanol–water partition coefficient (Wildman–Crippen LogP) is 2.20. The van der Waals surface area contributed by atoms with Crippen molar-refractivity contribution in [3.8, 4) is 22.8 Å². The third-order valence-corrected chi connectivity index (χ3v) is 4.27. The number of aromatic nitrogens is 5. The lowest BCUT2D eigenvalue weighted by atomic mass is 10.1. The summed E-state index contributed by atoms with van der Waals surface area (Å²) in [6, 6.07) is 12.6. The maximum atomic E-state index is 13.0. The van der Waals surface area contributed by atoms with Gasteiger partial charge in [0.2, 0.25) is 11.6 Å². The predicted molar refractivity (Wildman–Crippen MR) is 112 cm³/mol. The number of nitrogen functional groups attached to an aromatic ring is 1. The van der Waals surface area contributed by atoms with E-state index in [4.69, 9.17) is 10.5 Å². The quantitative estimate of drug-likeness (QED) is 0.331. The molecule has 0 spiro atoms. The van der Waals surface area contributed by atoms with E-state index in [0.717, 1.165) is 0 Å². The highest BCUT2D eigenvalue weighted by atomic mass is 19.1. The summed E-state index contributed by atoms with van der Waals surface area (Å²) in [5, 5.41) is 19.1. The summed E-state index contributed by atoms with van der Waals surface area (Å²) in [5.41, 5.74) is 9.63. The Balaban J connectivity index is 1.67. The van der Waals surface area contributed by atoms with Gasteiger partial charge in [-0.15, -0.1) is 5.10 Å². The normalized spacial score (nSPS) is 11.1. The summed E-state index contributed by atoms with van der Waals surface area (Å²) in [6.07, 6.45) is 1.37. The van der Waals surface area contributed by atoms with Gasteiger partial charge < -0.3 is 10.5 Å². The lowest BCUT2D eigenvalue weighted by Crippen LogP contribution is -2.19. The van der Waals surface area contributed by atoms with Crippen LogP contribution >= 0.6 is 0 Å². The van der Waals surface area contributed by atoms with Crippen molar-refractivity contribution in [2.45, 2.75) is 6.92 Å². The van der Waals surface area contributed by atoms with Gasteiger partial charge in [0, 0.05) is 5.56 Å². The van der Waals surface area contributed by atoms with Gasteiger partial charge in [0.15, 0.2) is 5.69 Å². The molecular formula is C20H17FN8O3. The maximum Gasteiger partial charge on any atom is 0.294 e. The van der Waals surface area contributed by atoms with E-state index >= 15 is 0 Å². The van der Waals surface area contributed by atoms with E-state index in [1.807, 2.05) is 6.92 Å². The molecule has 2 aromatic carbocycles. The molecule has 0 saturated carbocycles. The van der Waals surface area contributed by atoms with Gasteiger partial charge in [0.05, 0.1) is 12.8 Å². The van der Waals surface area contributed by atoms with Crippen molar-refractivity contribution in [3.63, 3.8) is 0 Å². The Bertz CT molecular complexity index is 1250. The second kappa shape index (κ2) is 9.04. The number of rotatable bonds is 7. The monoisotopic (exact) mass is 436 g/mol. The zero-order valence-corrected chi connectivity index (χ0v) is 16.8. The molecule has 12 heteroatoms. The van der Waals surface area contributed by atoms with Crippen molar-refractivity contribution in [1.82, 2.24) is 30.7 Å². The second-order valence-corrected chi connectivity index (χ2v) is 6.38. The van der Waals surface area contributed by atoms with Crippen LogP contribution in [0.5, 0.6) is 5.75 Å². The minimum absolute atomic E-state index is 0.0247. The van der Waals surface area contributed by atoms with Gasteiger partial charge in [-0.05, 0) is 59.2 Å². The number of carbonyl (C=O) groups is 1. The number of anilines is 1. The molecule has 2 aromatic heterocycles. The minimum atomic E-state index is -0.631. The molecule has 0 bridgehead atoms. The topological polar surface area (TPSA) is 146 Å². The minimum Gasteiger partial charge on any atom is -0.494 e. The van der Waals surface area contributed by atoms with Crippen LogP contribution in [0.1, 0.15) is 23.0 Å². The molecule has 0 radical (unpaired) electrons. The van der Waals surface area contributed by atoms with Crippen LogP contribution in [-0.2, 0) is 0 Å². The number of halogens is 1. The van der Waals surface area contributed by atoms with Gasteiger partial charge in [-0.2, -0.15) is 9.78 Å². The average molecular weight is 436 g/mol. The molecule has 2 heterocycles. The molecule has 0 aliphatic carbocycles. The summed E-state index contributed by atoms with van der Waals surface area (Å²) in [4.78, 5) is 12.8. The Morgan fingerprint density at radius 1 is 1.22 bits per heavy atom. The van der Waals surface area contributed by atoms with Crippen LogP contribution in [0.15, 0.2) is 58.3 Å². The lowest BCUT2D eigenvalue weighted by Gasteiger charge is -2.07. The molecule has 0 fully saturated rings. The largest absolute Gasteiger partial charge is 0.494 e. The van der Waals surface area contributed by atoms with E-state index < -0.39 is 5.91 Å². The van der Waals surface area contributed by atoms with E-state index in [0.29, 0.717) is 29.2 Å². The average Bonchev–Trinajstić information content (AvgIpc) is 3.42. The zero-order chi connectivity index (χ0) is 22.5. The number of carbonyl (C=O) groups excluding carboxylic acids is 1. The summed E-state index contributed by atoms with van der Waals surface area (Å²) in [7, 11) is 0. The highest BCUT2D eigenvalue weighted by molar-refractivity contribution is 5.98. The van der Waals surface area contributed by atoms with Gasteiger partial charge in [0.1, 0.15) is 17.3 Å². The standard InChI is InChI=1S/C20H17FN8O3/c1-2-31-15-9-5-13(6-10-15)17-16(24-28-29(17)19-18(22)26-32-27-19)20(30)25-23-11-12-3-7-14(21)8-4-12/h3-11H,2H2,1H3,(H2,22,26)(H,25,30)/b23-11-. The molecule has 32 heavy (non-hydrogen) atoms. The number of hydrazone groups is 1. The molecule has 0 atom stereocenters. The van der Waals surface area contributed by atoms with Gasteiger partial charge in [-0.25, -0.2) is 14.4 Å². The number of nitrogens with two attached hydrogens (primary N) is 1. The van der Waals surface area contributed by atoms with Crippen LogP contribution < -0.4 is 15.9 Å². The Labute approximate surface area is 180 Å². The van der Waals surface area contributed by atoms with Crippen molar-refractivity contribution >= 4 is 17.9 Å². The van der Waals surface area contributed by atoms with Crippen LogP contribution in [0, 0.1) is 5.82 Å². The number of amides is 1. The van der Waals surface area contributed by atoms with Crippen molar-refractivity contribution in [2.24, 2.45) is 5.10 Å². The zero-order valence-electron chi connectivity index (χ0n) is 16.8. The van der Waals surface area contributed by atoms with E-state index in [9.17, 15) is 9.18 Å². The van der Waals surface area contributed by atoms with E-state index in [1.54, 1.807) is 24.3 Å². The van der Waals surface area contributed by atoms with E-state index in [2.05, 4.69) is 35.8 Å². The molecular weight excluding hydrogens is 419 g/mol. The first-order valence-corrected chi connectivity index (χ1v) is 9.43. The number of nitrogens with one attached hydrogen (secondary N) is 1. The van der Waals surface area contributed by atoms with Crippen LogP contribution in [0.2, 0.25) is 0 Å². The smallest absolute Gasteiger partial charge is 0.294 e. The van der Waals surface area contributed by atoms with Crippen LogP contribution in [-0.4, -0.2) is 44.0 Å². The first kappa shape index (κ1) is 20.7. The Kier molecular flexibility index (Phi) is 5.83. The maximum absolute atomic E-state index is 13.0. The first-order chi connectivity index (χ1) is 15.6. The molecule has 0 aliphatic rings. The molecule has 0 aliphatic heterocycles. The Hall–Kier alpha value is -4.61. The number of benzene rings is 2. The summed E-state index contributed by atoms with van der Waals surface area (Å²) >= 11 is 0. The van der Waals surface area contributed by atoms with E-state index in [-0.39, 0.29) is 23.1 Å². The fourth-order valence-corrected chi connectivity index (χ4v) is 2.82. The Morgan fingerprint density at radius 2 is 1.97 bits per heavy atom. The molecule has 3 N–H and O–H groups in total. The summed E-state index contributed by atoms with van der Waals surface area (Å²) < 4.78 is 24.4. The van der Waals surface area contributed by atoms with Crippen molar-refractivity contribution < 1.29 is 18.6 Å². The van der Waals surface area contributed by atoms with E-state index in [1.165, 1.54) is 35.2 Å². The van der Waals surface area contributed by atoms with Gasteiger partial charge >= 0.3 is 0 Å². The fourth-order valence-electron chi connectivity index (χ4n) is 2.82. The third-order valence-electron chi connectivity index (χ3n) is 4.27. The number of hydrogen-bond donors (Lipinski definition) is 2. The van der Waals surface area contributed by atoms with Crippen molar-refractivity contribution in [1.29, 1.82) is 0 Å². The molecule has 162 valence electrons. The molecule has 4 aromatic rings. The highest BCUT2D eigenvalue weighted by Crippen LogP contribution is 2.28. The van der Waals surface area contributed by atoms with Crippen LogP contribution in [0.3, 0.4) is 0 Å². The number of ether oxygens (including phenoxy) is 1. The molecule has 0 saturated heterocycles. The Morgan fingerprint density at radius 3 is 2.62 bits per heavy atom. The first-order valence-electron chi connectivity index (χ1n) is 9.43. The third kappa shape index (κ3) is 4.28. The van der Waals surface area contributed by atoms with Crippen molar-refractivity contribution in [3.05, 3.63) is 65.6 Å². The van der Waals surface area contributed by atoms with Gasteiger partial charge in [-0.3, -0.25) is 4.79 Å². The van der Waals surface area contributed by atoms with Crippen LogP contribution in [0.25, 0.3) is 17.1 Å². The van der Waals surface area contributed by atoms with Crippen LogP contribution in [0.4, 0.5) is 10.2 Å². The molecule has 0 unspecified atom stereocenters. The number of nitrogens with zero attached hydrogens (tertiary/aromatic N) is 6. The summed E-state index contributed by atoms with van der Waals surface area (Å²) in [5.74, 6) is -0.288. The molecule has 1 amide bonds. The SMILES string of the molecule is CCOc1ccc(-c2c(C(=O)N/N=C\c3ccc(F)cc3)nnn2-c2nonc2N)cc1.